The van der Waals surface area contributed by atoms with Gasteiger partial charge >= 0.3 is 0 Å². The zero-order chi connectivity index (χ0) is 16.5. The number of rotatable bonds is 17. The minimum atomic E-state index is -0.568. The van der Waals surface area contributed by atoms with Gasteiger partial charge in [-0.2, -0.15) is 0 Å². The summed E-state index contributed by atoms with van der Waals surface area (Å²) in [6.45, 7) is 9.31. The van der Waals surface area contributed by atoms with Crippen molar-refractivity contribution >= 4 is 19.5 Å². The number of ether oxygens (including phenoxy) is 4. The summed E-state index contributed by atoms with van der Waals surface area (Å²) in [5.74, 6) is 0. The summed E-state index contributed by atoms with van der Waals surface area (Å²) in [5.41, 5.74) is 0. The van der Waals surface area contributed by atoms with Crippen LogP contribution in [-0.4, -0.2) is 58.9 Å². The molecule has 0 aliphatic rings. The molecule has 0 heterocycles. The van der Waals surface area contributed by atoms with Gasteiger partial charge in [0.2, 0.25) is 0 Å². The topological polar surface area (TPSA) is 55.4 Å². The third kappa shape index (κ3) is 13.8. The molecule has 134 valence electrons. The second kappa shape index (κ2) is 17.5. The predicted octanol–water partition coefficient (Wildman–Crippen LogP) is 1.52. The standard InChI is InChI=1S/C14H34O6Si2/c1-5-15-13(16-6-2)19-21-11-9-10-12-22-20-14(17-7-3)18-8-4/h13-14H,5-12,21-22H2,1-4H3. The van der Waals surface area contributed by atoms with E-state index in [1.54, 1.807) is 0 Å². The first-order valence-electron chi connectivity index (χ1n) is 8.47. The van der Waals surface area contributed by atoms with E-state index in [0.29, 0.717) is 26.4 Å². The molecule has 0 aliphatic carbocycles. The van der Waals surface area contributed by atoms with Gasteiger partial charge in [-0.3, -0.25) is 0 Å². The largest absolute Gasteiger partial charge is 0.379 e. The molecule has 0 aliphatic heterocycles. The van der Waals surface area contributed by atoms with Crippen molar-refractivity contribution in [2.24, 2.45) is 0 Å². The van der Waals surface area contributed by atoms with Gasteiger partial charge in [0.25, 0.3) is 13.0 Å². The van der Waals surface area contributed by atoms with Crippen molar-refractivity contribution in [3.8, 4) is 0 Å². The van der Waals surface area contributed by atoms with Gasteiger partial charge in [0.05, 0.1) is 0 Å². The summed E-state index contributed by atoms with van der Waals surface area (Å²) in [7, 11) is -1.14. The van der Waals surface area contributed by atoms with Crippen LogP contribution in [0.3, 0.4) is 0 Å². The molecule has 0 radical (unpaired) electrons. The Kier molecular flexibility index (Phi) is 17.7. The fourth-order valence-electron chi connectivity index (χ4n) is 1.75. The van der Waals surface area contributed by atoms with Gasteiger partial charge < -0.3 is 27.8 Å². The van der Waals surface area contributed by atoms with Gasteiger partial charge in [-0.05, 0) is 39.8 Å². The molecule has 6 nitrogen and oxygen atoms in total. The maximum Gasteiger partial charge on any atom is 0.261 e. The first-order valence-corrected chi connectivity index (χ1v) is 11.6. The number of hydrogen-bond acceptors (Lipinski definition) is 6. The molecule has 0 atom stereocenters. The van der Waals surface area contributed by atoms with E-state index in [2.05, 4.69) is 0 Å². The second-order valence-corrected chi connectivity index (χ2v) is 7.45. The molecule has 0 aromatic heterocycles. The molecular weight excluding hydrogens is 320 g/mol. The Morgan fingerprint density at radius 3 is 1.18 bits per heavy atom. The van der Waals surface area contributed by atoms with Gasteiger partial charge in [-0.25, -0.2) is 0 Å². The van der Waals surface area contributed by atoms with Crippen molar-refractivity contribution in [3.05, 3.63) is 0 Å². The molecule has 0 rings (SSSR count). The Labute approximate surface area is 140 Å². The number of unbranched alkanes of at least 4 members (excludes halogenated alkanes) is 1. The van der Waals surface area contributed by atoms with E-state index in [4.69, 9.17) is 27.8 Å². The van der Waals surface area contributed by atoms with Crippen molar-refractivity contribution in [3.63, 3.8) is 0 Å². The van der Waals surface area contributed by atoms with Crippen molar-refractivity contribution in [1.82, 2.24) is 0 Å². The molecule has 22 heavy (non-hydrogen) atoms. The first kappa shape index (κ1) is 22.2. The van der Waals surface area contributed by atoms with Crippen molar-refractivity contribution in [2.45, 2.75) is 65.6 Å². The molecule has 0 saturated carbocycles. The molecular formula is C14H34O6Si2. The summed E-state index contributed by atoms with van der Waals surface area (Å²) in [6.07, 6.45) is 2.36. The van der Waals surface area contributed by atoms with Crippen LogP contribution in [0.2, 0.25) is 12.1 Å². The lowest BCUT2D eigenvalue weighted by Crippen LogP contribution is -2.23. The fraction of sp³-hybridized carbons (Fsp3) is 1.00. The highest BCUT2D eigenvalue weighted by atomic mass is 28.2. The number of hydrogen-bond donors (Lipinski definition) is 0. The lowest BCUT2D eigenvalue weighted by atomic mass is 10.4. The van der Waals surface area contributed by atoms with Gasteiger partial charge in [0.1, 0.15) is 0 Å². The van der Waals surface area contributed by atoms with E-state index in [1.165, 1.54) is 12.8 Å². The molecule has 0 unspecified atom stereocenters. The third-order valence-electron chi connectivity index (χ3n) is 2.76. The van der Waals surface area contributed by atoms with E-state index in [9.17, 15) is 0 Å². The Balaban J connectivity index is 3.44. The molecule has 0 saturated heterocycles. The SMILES string of the molecule is CCOC(OCC)O[SiH2]CCCC[SiH2]OC(OCC)OCC. The molecule has 8 heteroatoms. The zero-order valence-corrected chi connectivity index (χ0v) is 17.5. The van der Waals surface area contributed by atoms with E-state index in [0.717, 1.165) is 12.1 Å². The maximum absolute atomic E-state index is 5.67. The van der Waals surface area contributed by atoms with Gasteiger partial charge in [-0.1, -0.05) is 12.8 Å². The smallest absolute Gasteiger partial charge is 0.261 e. The van der Waals surface area contributed by atoms with Crippen molar-refractivity contribution in [2.75, 3.05) is 26.4 Å². The summed E-state index contributed by atoms with van der Waals surface area (Å²) in [5, 5.41) is 0. The summed E-state index contributed by atoms with van der Waals surface area (Å²) in [6, 6.07) is 2.29. The zero-order valence-electron chi connectivity index (χ0n) is 14.7. The van der Waals surface area contributed by atoms with E-state index in [1.807, 2.05) is 27.7 Å². The third-order valence-corrected chi connectivity index (χ3v) is 5.35. The lowest BCUT2D eigenvalue weighted by molar-refractivity contribution is -0.244. The fourth-order valence-corrected chi connectivity index (χ4v) is 3.97. The molecule has 0 bridgehead atoms. The Morgan fingerprint density at radius 1 is 0.591 bits per heavy atom. The summed E-state index contributed by atoms with van der Waals surface area (Å²) in [4.78, 5) is 0. The van der Waals surface area contributed by atoms with Crippen molar-refractivity contribution in [1.29, 1.82) is 0 Å². The van der Waals surface area contributed by atoms with E-state index in [-0.39, 0.29) is 0 Å². The average molecular weight is 355 g/mol. The monoisotopic (exact) mass is 354 g/mol. The van der Waals surface area contributed by atoms with Gasteiger partial charge in [0, 0.05) is 26.4 Å². The highest BCUT2D eigenvalue weighted by molar-refractivity contribution is 6.27. The van der Waals surface area contributed by atoms with Crippen molar-refractivity contribution < 1.29 is 27.8 Å². The summed E-state index contributed by atoms with van der Waals surface area (Å²) >= 11 is 0. The molecule has 0 aromatic carbocycles. The summed E-state index contributed by atoms with van der Waals surface area (Å²) < 4.78 is 32.7. The van der Waals surface area contributed by atoms with Crippen LogP contribution in [0.25, 0.3) is 0 Å². The Hall–Kier alpha value is 0.194. The van der Waals surface area contributed by atoms with Crippen LogP contribution >= 0.6 is 0 Å². The predicted molar refractivity (Wildman–Crippen MR) is 92.2 cm³/mol. The Bertz CT molecular complexity index is 190. The lowest BCUT2D eigenvalue weighted by Gasteiger charge is -2.18. The van der Waals surface area contributed by atoms with Crippen LogP contribution in [-0.2, 0) is 27.8 Å². The average Bonchev–Trinajstić information content (AvgIpc) is 2.50. The van der Waals surface area contributed by atoms with Crippen LogP contribution in [0.4, 0.5) is 0 Å². The van der Waals surface area contributed by atoms with Crippen LogP contribution in [0.1, 0.15) is 40.5 Å². The van der Waals surface area contributed by atoms with E-state index < -0.39 is 32.5 Å². The molecule has 0 fully saturated rings. The molecule has 0 amide bonds. The second-order valence-electron chi connectivity index (χ2n) is 4.55. The van der Waals surface area contributed by atoms with Crippen LogP contribution in [0.15, 0.2) is 0 Å². The molecule has 0 aromatic rings. The van der Waals surface area contributed by atoms with Crippen LogP contribution in [0.5, 0.6) is 0 Å². The first-order chi connectivity index (χ1) is 10.8. The van der Waals surface area contributed by atoms with Gasteiger partial charge in [0.15, 0.2) is 19.5 Å². The maximum atomic E-state index is 5.67. The molecule has 0 N–H and O–H groups in total. The minimum absolute atomic E-state index is 0.461. The normalized spacial score (nSPS) is 12.8. The Morgan fingerprint density at radius 2 is 0.909 bits per heavy atom. The quantitative estimate of drug-likeness (QED) is 0.224. The van der Waals surface area contributed by atoms with Crippen LogP contribution in [0, 0.1) is 0 Å². The van der Waals surface area contributed by atoms with Gasteiger partial charge in [-0.15, -0.1) is 0 Å². The highest BCUT2D eigenvalue weighted by Crippen LogP contribution is 2.05. The van der Waals surface area contributed by atoms with Crippen LogP contribution < -0.4 is 0 Å². The highest BCUT2D eigenvalue weighted by Gasteiger charge is 2.08. The minimum Gasteiger partial charge on any atom is -0.379 e. The van der Waals surface area contributed by atoms with E-state index >= 15 is 0 Å². The molecule has 0 spiro atoms.